The lowest BCUT2D eigenvalue weighted by Crippen LogP contribution is -2.30. The molecule has 0 fully saturated rings. The Bertz CT molecular complexity index is 1320. The van der Waals surface area contributed by atoms with Crippen molar-refractivity contribution in [2.75, 3.05) is 13.2 Å². The van der Waals surface area contributed by atoms with Crippen molar-refractivity contribution in [3.8, 4) is 0 Å². The number of ether oxygens (including phenoxy) is 3. The molecule has 0 aliphatic heterocycles. The Morgan fingerprint density at radius 1 is 0.282 bits per heavy atom. The Kier molecular flexibility index (Phi) is 56.8. The molecular weight excluding hydrogens is 877 g/mol. The quantitative estimate of drug-likeness (QED) is 0.0261. The van der Waals surface area contributed by atoms with Crippen molar-refractivity contribution in [1.29, 1.82) is 0 Å². The van der Waals surface area contributed by atoms with Crippen LogP contribution in [0.2, 0.25) is 0 Å². The van der Waals surface area contributed by atoms with Crippen molar-refractivity contribution >= 4 is 17.9 Å². The first-order valence-corrected chi connectivity index (χ1v) is 30.4. The van der Waals surface area contributed by atoms with Crippen LogP contribution in [0.25, 0.3) is 0 Å². The van der Waals surface area contributed by atoms with Crippen LogP contribution in [0.1, 0.15) is 303 Å². The van der Waals surface area contributed by atoms with Crippen LogP contribution in [0.15, 0.2) is 72.9 Å². The Morgan fingerprint density at radius 3 is 0.859 bits per heavy atom. The molecule has 410 valence electrons. The molecule has 0 saturated heterocycles. The van der Waals surface area contributed by atoms with Gasteiger partial charge < -0.3 is 14.2 Å². The first-order valence-electron chi connectivity index (χ1n) is 30.4. The van der Waals surface area contributed by atoms with E-state index < -0.39 is 6.10 Å². The molecule has 0 unspecified atom stereocenters. The van der Waals surface area contributed by atoms with Gasteiger partial charge in [-0.3, -0.25) is 14.4 Å². The van der Waals surface area contributed by atoms with Gasteiger partial charge in [-0.2, -0.15) is 0 Å². The SMILES string of the molecule is CCCCC/C=C\C/C=C\C/C=C\CCCCC(=O)OC[C@@H](COC(=O)CCCCCCCCCCC/C=C\C/C=C\CCCCC)OC(=O)CCCCCCCCCCC/C=C\CCCCCCCC. The number of allylic oxidation sites excluding steroid dienone is 12. The number of hydrogen-bond donors (Lipinski definition) is 0. The van der Waals surface area contributed by atoms with Gasteiger partial charge in [0, 0.05) is 19.3 Å². The van der Waals surface area contributed by atoms with Gasteiger partial charge in [0.2, 0.25) is 0 Å². The summed E-state index contributed by atoms with van der Waals surface area (Å²) in [4.78, 5) is 38.2. The monoisotopic (exact) mass is 991 g/mol. The summed E-state index contributed by atoms with van der Waals surface area (Å²) in [7, 11) is 0. The van der Waals surface area contributed by atoms with E-state index in [0.717, 1.165) is 77.0 Å². The number of carbonyl (C=O) groups is 3. The molecule has 0 bridgehead atoms. The third kappa shape index (κ3) is 57.6. The highest BCUT2D eigenvalue weighted by Gasteiger charge is 2.19. The normalized spacial score (nSPS) is 12.5. The number of unbranched alkanes of at least 4 members (excludes halogenated alkanes) is 32. The highest BCUT2D eigenvalue weighted by Crippen LogP contribution is 2.15. The largest absolute Gasteiger partial charge is 0.462 e. The molecule has 6 heteroatoms. The minimum Gasteiger partial charge on any atom is -0.462 e. The topological polar surface area (TPSA) is 78.9 Å². The number of carbonyl (C=O) groups excluding carboxylic acids is 3. The van der Waals surface area contributed by atoms with Gasteiger partial charge >= 0.3 is 17.9 Å². The summed E-state index contributed by atoms with van der Waals surface area (Å²) in [6, 6.07) is 0. The third-order valence-corrected chi connectivity index (χ3v) is 13.2. The van der Waals surface area contributed by atoms with Gasteiger partial charge in [-0.15, -0.1) is 0 Å². The molecule has 6 nitrogen and oxygen atoms in total. The molecule has 0 aliphatic rings. The summed E-state index contributed by atoms with van der Waals surface area (Å²) in [6.45, 7) is 6.57. The van der Waals surface area contributed by atoms with Crippen molar-refractivity contribution in [2.24, 2.45) is 0 Å². The van der Waals surface area contributed by atoms with Crippen LogP contribution in [0.5, 0.6) is 0 Å². The molecule has 0 N–H and O–H groups in total. The lowest BCUT2D eigenvalue weighted by atomic mass is 10.1. The van der Waals surface area contributed by atoms with Crippen LogP contribution < -0.4 is 0 Å². The minimum absolute atomic E-state index is 0.0895. The zero-order chi connectivity index (χ0) is 51.4. The molecule has 0 rings (SSSR count). The lowest BCUT2D eigenvalue weighted by Gasteiger charge is -2.18. The van der Waals surface area contributed by atoms with Crippen LogP contribution in [-0.2, 0) is 28.6 Å². The number of esters is 3. The van der Waals surface area contributed by atoms with Crippen LogP contribution in [0.4, 0.5) is 0 Å². The Morgan fingerprint density at radius 2 is 0.507 bits per heavy atom. The van der Waals surface area contributed by atoms with Gasteiger partial charge in [-0.25, -0.2) is 0 Å². The molecule has 0 heterocycles. The summed E-state index contributed by atoms with van der Waals surface area (Å²) in [5, 5.41) is 0. The summed E-state index contributed by atoms with van der Waals surface area (Å²) in [6.07, 6.45) is 76.1. The van der Waals surface area contributed by atoms with E-state index in [-0.39, 0.29) is 31.1 Å². The molecule has 0 aromatic rings. The fraction of sp³-hybridized carbons (Fsp3) is 0.769. The predicted octanol–water partition coefficient (Wildman–Crippen LogP) is 20.5. The molecular formula is C65H114O6. The van der Waals surface area contributed by atoms with E-state index in [0.29, 0.717) is 19.3 Å². The molecule has 0 aromatic heterocycles. The van der Waals surface area contributed by atoms with Crippen molar-refractivity contribution in [1.82, 2.24) is 0 Å². The first kappa shape index (κ1) is 67.8. The van der Waals surface area contributed by atoms with Gasteiger partial charge in [0.05, 0.1) is 0 Å². The molecule has 71 heavy (non-hydrogen) atoms. The van der Waals surface area contributed by atoms with Crippen molar-refractivity contribution in [2.45, 2.75) is 309 Å². The zero-order valence-corrected chi connectivity index (χ0v) is 47.0. The highest BCUT2D eigenvalue weighted by atomic mass is 16.6. The number of hydrogen-bond acceptors (Lipinski definition) is 6. The third-order valence-electron chi connectivity index (χ3n) is 13.2. The summed E-state index contributed by atoms with van der Waals surface area (Å²) < 4.78 is 16.9. The van der Waals surface area contributed by atoms with E-state index in [2.05, 4.69) is 93.7 Å². The van der Waals surface area contributed by atoms with Crippen molar-refractivity contribution in [3.05, 3.63) is 72.9 Å². The molecule has 0 amide bonds. The highest BCUT2D eigenvalue weighted by molar-refractivity contribution is 5.71. The molecule has 0 radical (unpaired) electrons. The fourth-order valence-corrected chi connectivity index (χ4v) is 8.53. The summed E-state index contributed by atoms with van der Waals surface area (Å²) >= 11 is 0. The Hall–Kier alpha value is -3.15. The van der Waals surface area contributed by atoms with E-state index in [1.165, 1.54) is 186 Å². The van der Waals surface area contributed by atoms with E-state index >= 15 is 0 Å². The molecule has 0 aromatic carbocycles. The van der Waals surface area contributed by atoms with Gasteiger partial charge in [0.1, 0.15) is 13.2 Å². The van der Waals surface area contributed by atoms with Gasteiger partial charge in [0.15, 0.2) is 6.10 Å². The second kappa shape index (κ2) is 59.4. The Labute approximate surface area is 440 Å². The maximum absolute atomic E-state index is 12.9. The average molecular weight is 992 g/mol. The second-order valence-electron chi connectivity index (χ2n) is 20.2. The van der Waals surface area contributed by atoms with Gasteiger partial charge in [-0.05, 0) is 116 Å². The second-order valence-corrected chi connectivity index (χ2v) is 20.2. The van der Waals surface area contributed by atoms with Crippen molar-refractivity contribution < 1.29 is 28.6 Å². The standard InChI is InChI=1S/C65H114O6/c1-4-7-10-13-16-19-22-25-28-30-32-34-37-40-43-46-49-52-55-58-64(67)70-61-62(60-69-63(66)57-54-51-48-45-42-39-36-27-24-21-18-15-12-9-6-3)71-65(68)59-56-53-50-47-44-41-38-35-33-31-29-26-23-20-17-14-11-8-5-2/h16,18-19,21,25-29,36,42,45,62H,4-15,17,20,22-24,30-35,37-41,43-44,46-61H2,1-3H3/b19-16-,21-18-,28-25-,29-26-,36-27-,45-42-/t62-/m0/s1. The maximum atomic E-state index is 12.9. The summed E-state index contributed by atoms with van der Waals surface area (Å²) in [5.74, 6) is -0.924. The first-order chi connectivity index (χ1) is 35.0. The van der Waals surface area contributed by atoms with Gasteiger partial charge in [0.25, 0.3) is 0 Å². The lowest BCUT2D eigenvalue weighted by molar-refractivity contribution is -0.167. The predicted molar refractivity (Wildman–Crippen MR) is 307 cm³/mol. The van der Waals surface area contributed by atoms with Crippen LogP contribution >= 0.6 is 0 Å². The molecule has 0 spiro atoms. The van der Waals surface area contributed by atoms with Gasteiger partial charge in [-0.1, -0.05) is 241 Å². The van der Waals surface area contributed by atoms with E-state index in [1.807, 2.05) is 0 Å². The van der Waals surface area contributed by atoms with Crippen LogP contribution in [-0.4, -0.2) is 37.2 Å². The van der Waals surface area contributed by atoms with E-state index in [9.17, 15) is 14.4 Å². The maximum Gasteiger partial charge on any atom is 0.306 e. The molecule has 0 aliphatic carbocycles. The van der Waals surface area contributed by atoms with E-state index in [4.69, 9.17) is 14.2 Å². The fourth-order valence-electron chi connectivity index (χ4n) is 8.53. The molecule has 0 saturated carbocycles. The number of rotatable bonds is 55. The summed E-state index contributed by atoms with van der Waals surface area (Å²) in [5.41, 5.74) is 0. The smallest absolute Gasteiger partial charge is 0.306 e. The van der Waals surface area contributed by atoms with Crippen molar-refractivity contribution in [3.63, 3.8) is 0 Å². The van der Waals surface area contributed by atoms with E-state index in [1.54, 1.807) is 0 Å². The average Bonchev–Trinajstić information content (AvgIpc) is 3.37. The Balaban J connectivity index is 4.41. The zero-order valence-electron chi connectivity index (χ0n) is 47.0. The minimum atomic E-state index is -0.794. The van der Waals surface area contributed by atoms with Crippen LogP contribution in [0.3, 0.4) is 0 Å². The van der Waals surface area contributed by atoms with Crippen LogP contribution in [0, 0.1) is 0 Å². The molecule has 1 atom stereocenters.